The van der Waals surface area contributed by atoms with Crippen molar-refractivity contribution < 1.29 is 14.3 Å². The summed E-state index contributed by atoms with van der Waals surface area (Å²) in [5, 5.41) is 5.17. The summed E-state index contributed by atoms with van der Waals surface area (Å²) >= 11 is 1.33. The number of piperidine rings is 2. The quantitative estimate of drug-likeness (QED) is 0.660. The molecule has 0 atom stereocenters. The van der Waals surface area contributed by atoms with Crippen LogP contribution in [0.5, 0.6) is 0 Å². The van der Waals surface area contributed by atoms with Crippen molar-refractivity contribution in [3.63, 3.8) is 0 Å². The van der Waals surface area contributed by atoms with E-state index in [1.165, 1.54) is 29.9 Å². The van der Waals surface area contributed by atoms with Crippen LogP contribution < -0.4 is 10.2 Å². The molecule has 1 aromatic carbocycles. The third-order valence-electron chi connectivity index (χ3n) is 6.51. The molecule has 2 fully saturated rings. The van der Waals surface area contributed by atoms with Crippen LogP contribution in [-0.4, -0.2) is 53.7 Å². The smallest absolute Gasteiger partial charge is 0.410 e. The Labute approximate surface area is 200 Å². The van der Waals surface area contributed by atoms with E-state index in [9.17, 15) is 9.59 Å². The predicted octanol–water partition coefficient (Wildman–Crippen LogP) is 5.26. The van der Waals surface area contributed by atoms with Crippen molar-refractivity contribution in [1.82, 2.24) is 9.88 Å². The number of ether oxygens (including phenoxy) is 1. The average Bonchev–Trinajstić information content (AvgIpc) is 3.34. The molecule has 8 heteroatoms. The molecule has 1 aromatic heterocycles. The Morgan fingerprint density at radius 3 is 2.15 bits per heavy atom. The number of benzene rings is 1. The molecule has 0 aliphatic carbocycles. The summed E-state index contributed by atoms with van der Waals surface area (Å²) < 4.78 is 5.52. The van der Waals surface area contributed by atoms with Crippen LogP contribution in [0, 0.1) is 11.8 Å². The topological polar surface area (TPSA) is 74.8 Å². The van der Waals surface area contributed by atoms with Crippen LogP contribution in [0.1, 0.15) is 56.3 Å². The minimum absolute atomic E-state index is 0.170. The Hall–Kier alpha value is -2.61. The number of nitrogens with one attached hydrogen (secondary N) is 1. The van der Waals surface area contributed by atoms with Gasteiger partial charge in [0.1, 0.15) is 5.60 Å². The highest BCUT2D eigenvalue weighted by molar-refractivity contribution is 7.11. The van der Waals surface area contributed by atoms with Gasteiger partial charge in [0.05, 0.1) is 0 Å². The number of rotatable bonds is 4. The molecular formula is C25H34N4O3S. The van der Waals surface area contributed by atoms with Crippen LogP contribution in [0.25, 0.3) is 0 Å². The van der Waals surface area contributed by atoms with Gasteiger partial charge in [-0.25, -0.2) is 9.78 Å². The normalized spacial score (nSPS) is 18.3. The summed E-state index contributed by atoms with van der Waals surface area (Å²) in [4.78, 5) is 32.8. The predicted molar refractivity (Wildman–Crippen MR) is 132 cm³/mol. The Morgan fingerprint density at radius 1 is 1.00 bits per heavy atom. The van der Waals surface area contributed by atoms with E-state index in [1.54, 1.807) is 11.6 Å². The van der Waals surface area contributed by atoms with Crippen molar-refractivity contribution in [1.29, 1.82) is 0 Å². The first-order valence-corrected chi connectivity index (χ1v) is 12.7. The van der Waals surface area contributed by atoms with Gasteiger partial charge in [0, 0.05) is 49.1 Å². The lowest BCUT2D eigenvalue weighted by Gasteiger charge is -2.41. The molecule has 0 unspecified atom stereocenters. The molecule has 4 rings (SSSR count). The number of thiazole rings is 1. The van der Waals surface area contributed by atoms with Crippen LogP contribution in [0.3, 0.4) is 0 Å². The molecule has 7 nitrogen and oxygen atoms in total. The Kier molecular flexibility index (Phi) is 7.22. The van der Waals surface area contributed by atoms with Crippen LogP contribution in [0.15, 0.2) is 35.8 Å². The van der Waals surface area contributed by atoms with Crippen LogP contribution in [-0.2, 0) is 4.74 Å². The molecule has 0 saturated carbocycles. The van der Waals surface area contributed by atoms with E-state index in [4.69, 9.17) is 4.74 Å². The van der Waals surface area contributed by atoms with Gasteiger partial charge in [-0.05, 0) is 82.6 Å². The highest BCUT2D eigenvalue weighted by atomic mass is 32.1. The fourth-order valence-corrected chi connectivity index (χ4v) is 5.32. The molecule has 2 aliphatic rings. The van der Waals surface area contributed by atoms with Crippen molar-refractivity contribution in [2.24, 2.45) is 11.8 Å². The number of hydrogen-bond donors (Lipinski definition) is 1. The average molecular weight is 471 g/mol. The Bertz CT molecular complexity index is 924. The van der Waals surface area contributed by atoms with Gasteiger partial charge in [-0.2, -0.15) is 0 Å². The zero-order chi connectivity index (χ0) is 23.4. The highest BCUT2D eigenvalue weighted by Gasteiger charge is 2.32. The third-order valence-corrected chi connectivity index (χ3v) is 7.29. The molecule has 178 valence electrons. The van der Waals surface area contributed by atoms with Gasteiger partial charge >= 0.3 is 6.09 Å². The van der Waals surface area contributed by atoms with Crippen molar-refractivity contribution in [2.75, 3.05) is 36.4 Å². The zero-order valence-corrected chi connectivity index (χ0v) is 20.6. The Morgan fingerprint density at radius 2 is 1.61 bits per heavy atom. The minimum atomic E-state index is -0.439. The second kappa shape index (κ2) is 10.1. The van der Waals surface area contributed by atoms with E-state index in [1.807, 2.05) is 37.8 Å². The summed E-state index contributed by atoms with van der Waals surface area (Å²) in [5.74, 6) is 1.24. The number of likely N-dealkylation sites (tertiary alicyclic amines) is 1. The first-order valence-electron chi connectivity index (χ1n) is 11.8. The standard InChI is InChI=1S/C25H34N4O3S/c1-25(2,3)32-24(31)29-15-10-19(11-16-29)18-8-13-28(14-9-18)21-6-4-20(5-7-21)27-22(30)23-26-12-17-33-23/h4-7,12,17-19H,8-11,13-16H2,1-3H3,(H,27,30). The van der Waals surface area contributed by atoms with Crippen LogP contribution in [0.2, 0.25) is 0 Å². The van der Waals surface area contributed by atoms with Gasteiger partial charge in [0.2, 0.25) is 0 Å². The van der Waals surface area contributed by atoms with Gasteiger partial charge in [-0.15, -0.1) is 11.3 Å². The van der Waals surface area contributed by atoms with E-state index < -0.39 is 5.60 Å². The number of nitrogens with zero attached hydrogens (tertiary/aromatic N) is 3. The van der Waals surface area contributed by atoms with Gasteiger partial charge in [-0.1, -0.05) is 0 Å². The first kappa shape index (κ1) is 23.5. The molecule has 0 bridgehead atoms. The second-order valence-electron chi connectivity index (χ2n) is 9.97. The summed E-state index contributed by atoms with van der Waals surface area (Å²) in [7, 11) is 0. The van der Waals surface area contributed by atoms with Gasteiger partial charge < -0.3 is 19.9 Å². The molecule has 2 aromatic rings. The minimum Gasteiger partial charge on any atom is -0.444 e. The maximum atomic E-state index is 12.3. The maximum Gasteiger partial charge on any atom is 0.410 e. The lowest BCUT2D eigenvalue weighted by atomic mass is 9.79. The molecule has 1 N–H and O–H groups in total. The number of hydrogen-bond acceptors (Lipinski definition) is 6. The molecule has 2 aliphatic heterocycles. The van der Waals surface area contributed by atoms with Gasteiger partial charge in [0.25, 0.3) is 5.91 Å². The fourth-order valence-electron chi connectivity index (χ4n) is 4.78. The highest BCUT2D eigenvalue weighted by Crippen LogP contribution is 2.34. The van der Waals surface area contributed by atoms with E-state index in [0.717, 1.165) is 50.6 Å². The summed E-state index contributed by atoms with van der Waals surface area (Å²) in [6, 6.07) is 8.08. The zero-order valence-electron chi connectivity index (χ0n) is 19.8. The van der Waals surface area contributed by atoms with Crippen molar-refractivity contribution in [3.8, 4) is 0 Å². The number of carbonyl (C=O) groups excluding carboxylic acids is 2. The second-order valence-corrected chi connectivity index (χ2v) is 10.9. The molecule has 2 saturated heterocycles. The van der Waals surface area contributed by atoms with E-state index in [0.29, 0.717) is 10.9 Å². The van der Waals surface area contributed by atoms with Crippen molar-refractivity contribution in [3.05, 3.63) is 40.8 Å². The number of anilines is 2. The number of aromatic nitrogens is 1. The van der Waals surface area contributed by atoms with Crippen LogP contribution >= 0.6 is 11.3 Å². The van der Waals surface area contributed by atoms with Gasteiger partial charge in [-0.3, -0.25) is 4.79 Å². The third kappa shape index (κ3) is 6.25. The first-order chi connectivity index (χ1) is 15.8. The lowest BCUT2D eigenvalue weighted by Crippen LogP contribution is -2.44. The summed E-state index contributed by atoms with van der Waals surface area (Å²) in [5.41, 5.74) is 1.54. The van der Waals surface area contributed by atoms with Crippen LogP contribution in [0.4, 0.5) is 16.2 Å². The fraction of sp³-hybridized carbons (Fsp3) is 0.560. The van der Waals surface area contributed by atoms with Gasteiger partial charge in [0.15, 0.2) is 5.01 Å². The number of carbonyl (C=O) groups is 2. The largest absolute Gasteiger partial charge is 0.444 e. The maximum absolute atomic E-state index is 12.3. The molecule has 2 amide bonds. The molecule has 33 heavy (non-hydrogen) atoms. The monoisotopic (exact) mass is 470 g/mol. The van der Waals surface area contributed by atoms with E-state index in [-0.39, 0.29) is 12.0 Å². The molecule has 0 spiro atoms. The molecule has 0 radical (unpaired) electrons. The lowest BCUT2D eigenvalue weighted by molar-refractivity contribution is 0.0152. The summed E-state index contributed by atoms with van der Waals surface area (Å²) in [6.07, 6.45) is 5.95. The van der Waals surface area contributed by atoms with Crippen molar-refractivity contribution in [2.45, 2.75) is 52.1 Å². The SMILES string of the molecule is CC(C)(C)OC(=O)N1CCC(C2CCN(c3ccc(NC(=O)c4nccs4)cc3)CC2)CC1. The molecule has 3 heterocycles. The van der Waals surface area contributed by atoms with E-state index in [2.05, 4.69) is 27.3 Å². The molecular weight excluding hydrogens is 436 g/mol. The van der Waals surface area contributed by atoms with Crippen molar-refractivity contribution >= 4 is 34.7 Å². The number of amides is 2. The summed E-state index contributed by atoms with van der Waals surface area (Å²) in [6.45, 7) is 9.43. The van der Waals surface area contributed by atoms with E-state index >= 15 is 0 Å². The Balaban J connectivity index is 1.22.